The molecule has 0 bridgehead atoms. The first kappa shape index (κ1) is 25.0. The molecule has 1 aliphatic heterocycles. The zero-order valence-electron chi connectivity index (χ0n) is 19.9. The van der Waals surface area contributed by atoms with E-state index in [-0.39, 0.29) is 12.1 Å². The van der Waals surface area contributed by atoms with Gasteiger partial charge < -0.3 is 25.2 Å². The third-order valence-electron chi connectivity index (χ3n) is 5.85. The number of hydrogen-bond donors (Lipinski definition) is 2. The van der Waals surface area contributed by atoms with Crippen LogP contribution < -0.4 is 20.3 Å². The molecule has 0 saturated carbocycles. The van der Waals surface area contributed by atoms with Gasteiger partial charge in [-0.25, -0.2) is 0 Å². The number of nitrogens with one attached hydrogen (secondary N) is 2. The third-order valence-corrected chi connectivity index (χ3v) is 6.79. The number of ether oxygens (including phenoxy) is 1. The summed E-state index contributed by atoms with van der Waals surface area (Å²) in [5, 5.41) is 7.67. The van der Waals surface area contributed by atoms with Crippen molar-refractivity contribution in [2.24, 2.45) is 0 Å². The normalized spacial score (nSPS) is 16.3. The molecular weight excluding hydrogens is 438 g/mol. The summed E-state index contributed by atoms with van der Waals surface area (Å²) in [4.78, 5) is 32.6. The predicted molar refractivity (Wildman–Crippen MR) is 133 cm³/mol. The van der Waals surface area contributed by atoms with E-state index < -0.39 is 11.8 Å². The number of anilines is 1. The topological polar surface area (TPSA) is 77.1 Å². The van der Waals surface area contributed by atoms with E-state index in [0.29, 0.717) is 13.1 Å². The van der Waals surface area contributed by atoms with E-state index in [1.807, 2.05) is 50.2 Å². The highest BCUT2D eigenvalue weighted by atomic mass is 32.1. The van der Waals surface area contributed by atoms with Gasteiger partial charge in [0, 0.05) is 50.2 Å². The Balaban J connectivity index is 1.64. The molecule has 9 heteroatoms. The van der Waals surface area contributed by atoms with Crippen LogP contribution >= 0.6 is 11.3 Å². The maximum atomic E-state index is 12.5. The van der Waals surface area contributed by atoms with Crippen molar-refractivity contribution in [2.45, 2.75) is 19.0 Å². The van der Waals surface area contributed by atoms with Crippen LogP contribution in [0.5, 0.6) is 5.75 Å². The van der Waals surface area contributed by atoms with Gasteiger partial charge in [0.25, 0.3) is 0 Å². The monoisotopic (exact) mass is 473 g/mol. The first-order chi connectivity index (χ1) is 15.9. The number of piperazine rings is 1. The fourth-order valence-electron chi connectivity index (χ4n) is 4.16. The number of para-hydroxylation sites is 2. The molecule has 1 aromatic carbocycles. The standard InChI is InChI=1S/C24H35N5O3S/c1-18(26-24(31)23(30)25-11-12-27(2)3)22(21-10-7-17-33-21)29-15-13-28(14-16-29)19-8-5-6-9-20(19)32-4/h5-10,17-18,22H,11-16H2,1-4H3,(H,25,30)(H,26,31). The molecule has 2 N–H and O–H groups in total. The molecule has 8 nitrogen and oxygen atoms in total. The molecule has 2 aromatic rings. The number of carbonyl (C=O) groups excluding carboxylic acids is 2. The molecule has 0 spiro atoms. The van der Waals surface area contributed by atoms with Gasteiger partial charge in [0.1, 0.15) is 5.75 Å². The van der Waals surface area contributed by atoms with Gasteiger partial charge in [-0.3, -0.25) is 14.5 Å². The molecule has 33 heavy (non-hydrogen) atoms. The molecule has 2 atom stereocenters. The molecule has 1 aliphatic rings. The average molecular weight is 474 g/mol. The molecule has 3 rings (SSSR count). The molecule has 2 heterocycles. The third kappa shape index (κ3) is 6.69. The highest BCUT2D eigenvalue weighted by Crippen LogP contribution is 2.32. The fourth-order valence-corrected chi connectivity index (χ4v) is 5.12. The molecule has 1 saturated heterocycles. The van der Waals surface area contributed by atoms with E-state index in [2.05, 4.69) is 37.9 Å². The van der Waals surface area contributed by atoms with Crippen molar-refractivity contribution in [1.82, 2.24) is 20.4 Å². The molecule has 180 valence electrons. The number of benzene rings is 1. The van der Waals surface area contributed by atoms with Crippen molar-refractivity contribution in [3.8, 4) is 5.75 Å². The first-order valence-corrected chi connectivity index (χ1v) is 12.2. The first-order valence-electron chi connectivity index (χ1n) is 11.3. The van der Waals surface area contributed by atoms with Crippen LogP contribution in [0.15, 0.2) is 41.8 Å². The average Bonchev–Trinajstić information content (AvgIpc) is 3.33. The number of nitrogens with zero attached hydrogens (tertiary/aromatic N) is 3. The van der Waals surface area contributed by atoms with Gasteiger partial charge in [-0.1, -0.05) is 18.2 Å². The SMILES string of the molecule is COc1ccccc1N1CCN(C(c2cccs2)C(C)NC(=O)C(=O)NCCN(C)C)CC1. The summed E-state index contributed by atoms with van der Waals surface area (Å²) in [6.45, 7) is 6.49. The maximum Gasteiger partial charge on any atom is 0.309 e. The summed E-state index contributed by atoms with van der Waals surface area (Å²) >= 11 is 1.68. The van der Waals surface area contributed by atoms with Crippen molar-refractivity contribution in [3.63, 3.8) is 0 Å². The van der Waals surface area contributed by atoms with Gasteiger partial charge in [-0.2, -0.15) is 0 Å². The van der Waals surface area contributed by atoms with Gasteiger partial charge in [0.2, 0.25) is 0 Å². The van der Waals surface area contributed by atoms with Crippen molar-refractivity contribution < 1.29 is 14.3 Å². The van der Waals surface area contributed by atoms with Crippen molar-refractivity contribution in [3.05, 3.63) is 46.7 Å². The molecule has 1 aromatic heterocycles. The van der Waals surface area contributed by atoms with Crippen LogP contribution in [0.1, 0.15) is 17.8 Å². The molecule has 2 unspecified atom stereocenters. The van der Waals surface area contributed by atoms with Crippen LogP contribution in [0, 0.1) is 0 Å². The van der Waals surface area contributed by atoms with E-state index in [1.54, 1.807) is 18.4 Å². The fraction of sp³-hybridized carbons (Fsp3) is 0.500. The summed E-state index contributed by atoms with van der Waals surface area (Å²) in [6, 6.07) is 12.0. The second-order valence-corrected chi connectivity index (χ2v) is 9.46. The Bertz CT molecular complexity index is 897. The largest absolute Gasteiger partial charge is 0.495 e. The second kappa shape index (κ2) is 12.0. The van der Waals surface area contributed by atoms with Crippen LogP contribution in [-0.2, 0) is 9.59 Å². The summed E-state index contributed by atoms with van der Waals surface area (Å²) in [7, 11) is 5.55. The maximum absolute atomic E-state index is 12.5. The summed E-state index contributed by atoms with van der Waals surface area (Å²) in [5.41, 5.74) is 1.10. The minimum absolute atomic E-state index is 0.00310. The summed E-state index contributed by atoms with van der Waals surface area (Å²) in [5.74, 6) is -0.299. The number of rotatable bonds is 9. The van der Waals surface area contributed by atoms with E-state index in [1.165, 1.54) is 4.88 Å². The Kier molecular flexibility index (Phi) is 9.11. The lowest BCUT2D eigenvalue weighted by Crippen LogP contribution is -2.54. The quantitative estimate of drug-likeness (QED) is 0.541. The van der Waals surface area contributed by atoms with E-state index in [9.17, 15) is 9.59 Å². The summed E-state index contributed by atoms with van der Waals surface area (Å²) in [6.07, 6.45) is 0. The number of likely N-dealkylation sites (N-methyl/N-ethyl adjacent to an activating group) is 1. The molecule has 1 fully saturated rings. The Morgan fingerprint density at radius 1 is 1.09 bits per heavy atom. The van der Waals surface area contributed by atoms with Crippen molar-refractivity contribution in [2.75, 3.05) is 65.4 Å². The lowest BCUT2D eigenvalue weighted by Gasteiger charge is -2.42. The van der Waals surface area contributed by atoms with Crippen LogP contribution in [0.25, 0.3) is 0 Å². The minimum Gasteiger partial charge on any atom is -0.495 e. The van der Waals surface area contributed by atoms with Gasteiger partial charge in [0.15, 0.2) is 0 Å². The highest BCUT2D eigenvalue weighted by molar-refractivity contribution is 7.10. The predicted octanol–water partition coefficient (Wildman–Crippen LogP) is 1.80. The molecule has 0 radical (unpaired) electrons. The Hall–Kier alpha value is -2.62. The van der Waals surface area contributed by atoms with Crippen LogP contribution in [0.4, 0.5) is 5.69 Å². The zero-order valence-corrected chi connectivity index (χ0v) is 20.7. The van der Waals surface area contributed by atoms with Gasteiger partial charge in [-0.05, 0) is 44.6 Å². The van der Waals surface area contributed by atoms with Crippen molar-refractivity contribution in [1.29, 1.82) is 0 Å². The van der Waals surface area contributed by atoms with Gasteiger partial charge in [0.05, 0.1) is 18.8 Å². The highest BCUT2D eigenvalue weighted by Gasteiger charge is 2.32. The minimum atomic E-state index is -0.588. The number of thiophene rings is 1. The number of hydrogen-bond acceptors (Lipinski definition) is 7. The van der Waals surface area contributed by atoms with Crippen LogP contribution in [0.2, 0.25) is 0 Å². The lowest BCUT2D eigenvalue weighted by molar-refractivity contribution is -0.139. The lowest BCUT2D eigenvalue weighted by atomic mass is 10.0. The molecule has 2 amide bonds. The Morgan fingerprint density at radius 3 is 2.45 bits per heavy atom. The van der Waals surface area contributed by atoms with Crippen LogP contribution in [-0.4, -0.2) is 88.1 Å². The van der Waals surface area contributed by atoms with E-state index in [0.717, 1.165) is 37.6 Å². The Morgan fingerprint density at radius 2 is 1.82 bits per heavy atom. The van der Waals surface area contributed by atoms with Gasteiger partial charge >= 0.3 is 11.8 Å². The molecule has 0 aliphatic carbocycles. The number of amides is 2. The summed E-state index contributed by atoms with van der Waals surface area (Å²) < 4.78 is 5.54. The van der Waals surface area contributed by atoms with Crippen molar-refractivity contribution >= 4 is 28.8 Å². The number of methoxy groups -OCH3 is 1. The smallest absolute Gasteiger partial charge is 0.309 e. The van der Waals surface area contributed by atoms with Crippen LogP contribution in [0.3, 0.4) is 0 Å². The Labute approximate surface area is 200 Å². The van der Waals surface area contributed by atoms with E-state index >= 15 is 0 Å². The number of carbonyl (C=O) groups is 2. The zero-order chi connectivity index (χ0) is 23.8. The van der Waals surface area contributed by atoms with E-state index in [4.69, 9.17) is 4.74 Å². The van der Waals surface area contributed by atoms with Gasteiger partial charge in [-0.15, -0.1) is 11.3 Å². The second-order valence-electron chi connectivity index (χ2n) is 8.48. The molecular formula is C24H35N5O3S.